The number of hydrogen-bond donors (Lipinski definition) is 0. The van der Waals surface area contributed by atoms with Crippen molar-refractivity contribution in [2.24, 2.45) is 0 Å². The molecule has 0 bridgehead atoms. The van der Waals surface area contributed by atoms with Gasteiger partial charge in [-0.3, -0.25) is 0 Å². The first-order valence-electron chi connectivity index (χ1n) is 10.6. The van der Waals surface area contributed by atoms with Gasteiger partial charge in [-0.25, -0.2) is 0 Å². The van der Waals surface area contributed by atoms with Crippen LogP contribution in [0.25, 0.3) is 0 Å². The second-order valence-corrected chi connectivity index (χ2v) is 17.4. The van der Waals surface area contributed by atoms with Crippen LogP contribution in [0.3, 0.4) is 0 Å². The van der Waals surface area contributed by atoms with E-state index < -0.39 is 14.5 Å². The molecule has 4 aromatic rings. The SMILES string of the molecule is c1ccc([PH]2(c3ccccc3)CC[PH](c3ccccc3)(c3ccccc3)C2)cc1. The van der Waals surface area contributed by atoms with Gasteiger partial charge < -0.3 is 0 Å². The summed E-state index contributed by atoms with van der Waals surface area (Å²) in [5, 5.41) is 6.42. The molecule has 5 rings (SSSR count). The van der Waals surface area contributed by atoms with Crippen molar-refractivity contribution >= 4 is 35.7 Å². The molecule has 1 heterocycles. The van der Waals surface area contributed by atoms with Crippen LogP contribution >= 0.6 is 14.5 Å². The van der Waals surface area contributed by atoms with Crippen molar-refractivity contribution in [3.63, 3.8) is 0 Å². The molecule has 0 atom stereocenters. The normalized spacial score (nSPS) is 19.3. The molecule has 0 spiro atoms. The number of benzene rings is 4. The summed E-state index contributed by atoms with van der Waals surface area (Å²) in [6, 6.07) is 45.7. The molecule has 0 saturated carbocycles. The molecule has 0 N–H and O–H groups in total. The summed E-state index contributed by atoms with van der Waals surface area (Å²) in [5.74, 6) is 1.36. The van der Waals surface area contributed by atoms with Gasteiger partial charge in [-0.15, -0.1) is 0 Å². The van der Waals surface area contributed by atoms with Gasteiger partial charge in [-0.2, -0.15) is 0 Å². The van der Waals surface area contributed by atoms with E-state index in [1.54, 1.807) is 21.2 Å². The Morgan fingerprint density at radius 1 is 0.345 bits per heavy atom. The Labute approximate surface area is 175 Å². The van der Waals surface area contributed by atoms with E-state index in [0.29, 0.717) is 0 Å². The fourth-order valence-electron chi connectivity index (χ4n) is 5.47. The molecule has 1 fully saturated rings. The molecule has 0 amide bonds. The second-order valence-electron chi connectivity index (χ2n) is 8.31. The van der Waals surface area contributed by atoms with Crippen LogP contribution in [0.5, 0.6) is 0 Å². The summed E-state index contributed by atoms with van der Waals surface area (Å²) in [6.07, 6.45) is 2.69. The maximum absolute atomic E-state index is 2.40. The van der Waals surface area contributed by atoms with Gasteiger partial charge in [0.15, 0.2) is 0 Å². The average Bonchev–Trinajstić information content (AvgIpc) is 3.25. The molecule has 1 aliphatic heterocycles. The van der Waals surface area contributed by atoms with Gasteiger partial charge in [0, 0.05) is 0 Å². The van der Waals surface area contributed by atoms with E-state index in [1.165, 1.54) is 18.2 Å². The van der Waals surface area contributed by atoms with Crippen LogP contribution in [0.4, 0.5) is 0 Å². The number of hydrogen-bond acceptors (Lipinski definition) is 0. The van der Waals surface area contributed by atoms with Crippen LogP contribution in [0.15, 0.2) is 121 Å². The van der Waals surface area contributed by atoms with E-state index in [1.807, 2.05) is 0 Å². The van der Waals surface area contributed by atoms with Crippen molar-refractivity contribution in [1.29, 1.82) is 0 Å². The van der Waals surface area contributed by atoms with Crippen LogP contribution in [0.2, 0.25) is 0 Å². The van der Waals surface area contributed by atoms with Crippen molar-refractivity contribution in [3.8, 4) is 0 Å². The molecule has 0 aromatic heterocycles. The molecule has 0 aliphatic carbocycles. The predicted molar refractivity (Wildman–Crippen MR) is 136 cm³/mol. The van der Waals surface area contributed by atoms with Crippen LogP contribution < -0.4 is 21.2 Å². The zero-order valence-electron chi connectivity index (χ0n) is 16.7. The van der Waals surface area contributed by atoms with Crippen molar-refractivity contribution in [2.75, 3.05) is 18.2 Å². The van der Waals surface area contributed by atoms with Gasteiger partial charge in [0.25, 0.3) is 0 Å². The third kappa shape index (κ3) is 3.26. The Hall–Kier alpha value is -2.26. The topological polar surface area (TPSA) is 0 Å². The Bertz CT molecular complexity index is 893. The molecule has 1 saturated heterocycles. The molecule has 0 nitrogen and oxygen atoms in total. The Morgan fingerprint density at radius 2 is 0.586 bits per heavy atom. The van der Waals surface area contributed by atoms with Crippen molar-refractivity contribution < 1.29 is 0 Å². The Balaban J connectivity index is 1.72. The zero-order valence-corrected chi connectivity index (χ0v) is 18.7. The van der Waals surface area contributed by atoms with Crippen LogP contribution in [0, 0.1) is 0 Å². The molecule has 1 aliphatic rings. The van der Waals surface area contributed by atoms with Gasteiger partial charge >= 0.3 is 175 Å². The van der Waals surface area contributed by atoms with Crippen LogP contribution in [-0.2, 0) is 0 Å². The quantitative estimate of drug-likeness (QED) is 0.423. The predicted octanol–water partition coefficient (Wildman–Crippen LogP) is 4.76. The van der Waals surface area contributed by atoms with Crippen LogP contribution in [-0.4, -0.2) is 18.2 Å². The van der Waals surface area contributed by atoms with Gasteiger partial charge in [-0.05, 0) is 0 Å². The molecule has 4 aromatic carbocycles. The Kier molecular flexibility index (Phi) is 5.09. The van der Waals surface area contributed by atoms with Crippen molar-refractivity contribution in [3.05, 3.63) is 121 Å². The molecular formula is C27H28P2. The van der Waals surface area contributed by atoms with Gasteiger partial charge in [0.2, 0.25) is 0 Å². The van der Waals surface area contributed by atoms with Gasteiger partial charge in [0.1, 0.15) is 0 Å². The zero-order chi connectivity index (χ0) is 19.6. The summed E-state index contributed by atoms with van der Waals surface area (Å²) >= 11 is 0. The molecule has 0 radical (unpaired) electrons. The standard InChI is InChI=1S/C27H28P2/c1-5-13-24(14-6-1)28(25-15-7-2-8-16-25)21-22-29(23-28,26-17-9-3-10-18-26)27-19-11-4-12-20-27/h1-20,28-29H,21-23H2. The fourth-order valence-corrected chi connectivity index (χ4v) is 22.8. The summed E-state index contributed by atoms with van der Waals surface area (Å²) in [4.78, 5) is 0. The molecule has 146 valence electrons. The first-order chi connectivity index (χ1) is 14.3. The third-order valence-corrected chi connectivity index (χ3v) is 20.2. The molecule has 29 heavy (non-hydrogen) atoms. The minimum absolute atomic E-state index is 1.34. The van der Waals surface area contributed by atoms with E-state index in [9.17, 15) is 0 Å². The summed E-state index contributed by atoms with van der Waals surface area (Å²) < 4.78 is 0. The van der Waals surface area contributed by atoms with E-state index in [4.69, 9.17) is 0 Å². The molecule has 0 unspecified atom stereocenters. The van der Waals surface area contributed by atoms with E-state index in [0.717, 1.165) is 0 Å². The van der Waals surface area contributed by atoms with E-state index in [-0.39, 0.29) is 0 Å². The maximum atomic E-state index is 2.40. The first kappa shape index (κ1) is 18.7. The fraction of sp³-hybridized carbons (Fsp3) is 0.111. The van der Waals surface area contributed by atoms with Crippen LogP contribution in [0.1, 0.15) is 0 Å². The van der Waals surface area contributed by atoms with Crippen molar-refractivity contribution in [2.45, 2.75) is 0 Å². The van der Waals surface area contributed by atoms with Gasteiger partial charge in [-0.1, -0.05) is 0 Å². The summed E-state index contributed by atoms with van der Waals surface area (Å²) in [5.41, 5.74) is 0. The summed E-state index contributed by atoms with van der Waals surface area (Å²) in [6.45, 7) is 0. The van der Waals surface area contributed by atoms with Crippen molar-refractivity contribution in [1.82, 2.24) is 0 Å². The molecule has 2 heteroatoms. The number of rotatable bonds is 4. The van der Waals surface area contributed by atoms with E-state index in [2.05, 4.69) is 121 Å². The first-order valence-corrected chi connectivity index (χ1v) is 15.4. The third-order valence-electron chi connectivity index (χ3n) is 6.89. The molecular weight excluding hydrogens is 386 g/mol. The van der Waals surface area contributed by atoms with Gasteiger partial charge in [0.05, 0.1) is 0 Å². The second kappa shape index (κ2) is 7.87. The minimum atomic E-state index is -1.82. The Morgan fingerprint density at radius 3 is 0.828 bits per heavy atom. The monoisotopic (exact) mass is 414 g/mol. The average molecular weight is 414 g/mol. The van der Waals surface area contributed by atoms with E-state index >= 15 is 0 Å². The summed E-state index contributed by atoms with van der Waals surface area (Å²) in [7, 11) is -3.65.